The van der Waals surface area contributed by atoms with E-state index >= 15 is 0 Å². The monoisotopic (exact) mass is 562 g/mol. The van der Waals surface area contributed by atoms with Crippen molar-refractivity contribution in [2.45, 2.75) is 25.9 Å². The number of para-hydroxylation sites is 1. The summed E-state index contributed by atoms with van der Waals surface area (Å²) in [6.45, 7) is 1.72. The minimum Gasteiger partial charge on any atom is -0.506 e. The van der Waals surface area contributed by atoms with Gasteiger partial charge in [0.1, 0.15) is 17.1 Å². The highest BCUT2D eigenvalue weighted by Gasteiger charge is 2.23. The maximum Gasteiger partial charge on any atom is 0.197 e. The van der Waals surface area contributed by atoms with Gasteiger partial charge < -0.3 is 14.6 Å². The third kappa shape index (κ3) is 3.85. The molecule has 4 nitrogen and oxygen atoms in total. The summed E-state index contributed by atoms with van der Waals surface area (Å²) in [4.78, 5) is 13.2. The first-order valence-corrected chi connectivity index (χ1v) is 9.95. The fourth-order valence-electron chi connectivity index (χ4n) is 2.70. The Hall–Kier alpha value is -1.13. The normalized spacial score (nSPS) is 12.5. The van der Waals surface area contributed by atoms with Gasteiger partial charge in [0.15, 0.2) is 5.78 Å². The number of aromatic hydroxyl groups is 1. The minimum atomic E-state index is -0.466. The molecule has 3 rings (SSSR count). The van der Waals surface area contributed by atoms with Crippen molar-refractivity contribution in [2.24, 2.45) is 0 Å². The predicted molar refractivity (Wildman–Crippen MR) is 113 cm³/mol. The van der Waals surface area contributed by atoms with Crippen molar-refractivity contribution < 1.29 is 19.4 Å². The van der Waals surface area contributed by atoms with Gasteiger partial charge in [0.2, 0.25) is 0 Å². The average molecular weight is 562 g/mol. The van der Waals surface area contributed by atoms with Crippen LogP contribution >= 0.6 is 45.2 Å². The average Bonchev–Trinajstić information content (AvgIpc) is 2.95. The van der Waals surface area contributed by atoms with Gasteiger partial charge in [-0.2, -0.15) is 0 Å². The number of aliphatic hydroxyl groups is 1. The Bertz CT molecular complexity index is 921. The van der Waals surface area contributed by atoms with E-state index in [0.717, 1.165) is 5.39 Å². The van der Waals surface area contributed by atoms with Crippen LogP contribution in [0.2, 0.25) is 0 Å². The smallest absolute Gasteiger partial charge is 0.197 e. The number of rotatable bonds is 5. The summed E-state index contributed by atoms with van der Waals surface area (Å²) in [5.41, 5.74) is 1.71. The standard InChI is InChI=1S/C19H16I2O4/c1-10(22)6-7-16-17(12-4-2-3-5-15(12)25-16)18(23)11-8-13(20)19(24)14(21)9-11/h2-5,8-10,22,24H,6-7H2,1H3. The largest absolute Gasteiger partial charge is 0.506 e. The lowest BCUT2D eigenvalue weighted by atomic mass is 9.98. The summed E-state index contributed by atoms with van der Waals surface area (Å²) in [7, 11) is 0. The predicted octanol–water partition coefficient (Wildman–Crippen LogP) is 4.89. The van der Waals surface area contributed by atoms with E-state index < -0.39 is 6.10 Å². The molecule has 0 radical (unpaired) electrons. The van der Waals surface area contributed by atoms with Gasteiger partial charge in [-0.05, 0) is 76.7 Å². The number of hydrogen-bond acceptors (Lipinski definition) is 4. The Labute approximate surface area is 172 Å². The van der Waals surface area contributed by atoms with Crippen LogP contribution in [0.3, 0.4) is 0 Å². The lowest BCUT2D eigenvalue weighted by Gasteiger charge is -2.07. The molecule has 0 spiro atoms. The summed E-state index contributed by atoms with van der Waals surface area (Å²) in [6, 6.07) is 10.8. The molecule has 2 N–H and O–H groups in total. The Balaban J connectivity index is 2.12. The summed E-state index contributed by atoms with van der Waals surface area (Å²) < 4.78 is 7.15. The molecule has 1 aromatic heterocycles. The van der Waals surface area contributed by atoms with Crippen molar-refractivity contribution >= 4 is 61.9 Å². The van der Waals surface area contributed by atoms with Gasteiger partial charge in [0.25, 0.3) is 0 Å². The van der Waals surface area contributed by atoms with Crippen molar-refractivity contribution in [3.8, 4) is 5.75 Å². The molecule has 1 heterocycles. The van der Waals surface area contributed by atoms with Crippen LogP contribution in [0.4, 0.5) is 0 Å². The molecular formula is C19H16I2O4. The quantitative estimate of drug-likeness (QED) is 0.344. The second-order valence-electron chi connectivity index (χ2n) is 5.90. The van der Waals surface area contributed by atoms with E-state index in [-0.39, 0.29) is 11.5 Å². The highest BCUT2D eigenvalue weighted by atomic mass is 127. The molecule has 25 heavy (non-hydrogen) atoms. The number of fused-ring (bicyclic) bond motifs is 1. The number of carbonyl (C=O) groups excluding carboxylic acids is 1. The molecule has 2 aromatic carbocycles. The molecule has 1 unspecified atom stereocenters. The molecule has 3 aromatic rings. The summed E-state index contributed by atoms with van der Waals surface area (Å²) in [5, 5.41) is 20.3. The van der Waals surface area contributed by atoms with E-state index in [4.69, 9.17) is 4.42 Å². The summed E-state index contributed by atoms with van der Waals surface area (Å²) in [6.07, 6.45) is 0.538. The van der Waals surface area contributed by atoms with Crippen molar-refractivity contribution in [1.29, 1.82) is 0 Å². The molecule has 0 amide bonds. The molecule has 0 aliphatic heterocycles. The van der Waals surface area contributed by atoms with Crippen molar-refractivity contribution in [3.63, 3.8) is 0 Å². The van der Waals surface area contributed by atoms with Gasteiger partial charge in [0.05, 0.1) is 18.8 Å². The Kier molecular flexibility index (Phi) is 5.69. The van der Waals surface area contributed by atoms with E-state index in [0.29, 0.717) is 42.5 Å². The van der Waals surface area contributed by atoms with E-state index in [1.165, 1.54) is 0 Å². The first kappa shape index (κ1) is 18.7. The lowest BCUT2D eigenvalue weighted by Crippen LogP contribution is -2.07. The Morgan fingerprint density at radius 2 is 1.84 bits per heavy atom. The number of phenolic OH excluding ortho intramolecular Hbond substituents is 1. The van der Waals surface area contributed by atoms with Crippen LogP contribution in [0.5, 0.6) is 5.75 Å². The molecule has 130 valence electrons. The van der Waals surface area contributed by atoms with Gasteiger partial charge in [-0.25, -0.2) is 0 Å². The topological polar surface area (TPSA) is 70.7 Å². The maximum atomic E-state index is 13.2. The zero-order valence-corrected chi connectivity index (χ0v) is 17.7. The van der Waals surface area contributed by atoms with Gasteiger partial charge in [-0.15, -0.1) is 0 Å². The number of ketones is 1. The summed E-state index contributed by atoms with van der Waals surface area (Å²) in [5.74, 6) is 0.635. The van der Waals surface area contributed by atoms with Crippen molar-refractivity contribution in [1.82, 2.24) is 0 Å². The zero-order chi connectivity index (χ0) is 18.1. The molecule has 0 saturated heterocycles. The fourth-order valence-corrected chi connectivity index (χ4v) is 4.47. The molecule has 0 bridgehead atoms. The highest BCUT2D eigenvalue weighted by molar-refractivity contribution is 14.1. The molecule has 0 fully saturated rings. The number of phenols is 1. The number of aliphatic hydroxyl groups excluding tert-OH is 1. The first-order chi connectivity index (χ1) is 11.9. The van der Waals surface area contributed by atoms with Gasteiger partial charge >= 0.3 is 0 Å². The Morgan fingerprint density at radius 1 is 1.20 bits per heavy atom. The first-order valence-electron chi connectivity index (χ1n) is 7.79. The molecule has 0 aliphatic carbocycles. The van der Waals surface area contributed by atoms with Crippen LogP contribution in [0, 0.1) is 7.14 Å². The number of halogens is 2. The van der Waals surface area contributed by atoms with Gasteiger partial charge in [-0.3, -0.25) is 4.79 Å². The molecule has 0 aliphatic rings. The minimum absolute atomic E-state index is 0.138. The zero-order valence-electron chi connectivity index (χ0n) is 13.4. The van der Waals surface area contributed by atoms with Gasteiger partial charge in [-0.1, -0.05) is 18.2 Å². The number of hydrogen-bond donors (Lipinski definition) is 2. The van der Waals surface area contributed by atoms with Crippen LogP contribution in [-0.4, -0.2) is 22.1 Å². The van der Waals surface area contributed by atoms with Crippen LogP contribution in [0.25, 0.3) is 11.0 Å². The molecule has 6 heteroatoms. The second kappa shape index (κ2) is 7.63. The SMILES string of the molecule is CC(O)CCc1oc2ccccc2c1C(=O)c1cc(I)c(O)c(I)c1. The second-order valence-corrected chi connectivity index (χ2v) is 8.23. The third-order valence-electron chi connectivity index (χ3n) is 3.96. The van der Waals surface area contributed by atoms with E-state index in [2.05, 4.69) is 0 Å². The van der Waals surface area contributed by atoms with E-state index in [1.807, 2.05) is 69.4 Å². The van der Waals surface area contributed by atoms with Crippen molar-refractivity contribution in [3.05, 3.63) is 60.4 Å². The number of carbonyl (C=O) groups is 1. The van der Waals surface area contributed by atoms with Crippen LogP contribution < -0.4 is 0 Å². The summed E-state index contributed by atoms with van der Waals surface area (Å²) >= 11 is 4.03. The van der Waals surface area contributed by atoms with Crippen LogP contribution in [-0.2, 0) is 6.42 Å². The number of benzene rings is 2. The van der Waals surface area contributed by atoms with E-state index in [9.17, 15) is 15.0 Å². The fraction of sp³-hybridized carbons (Fsp3) is 0.211. The van der Waals surface area contributed by atoms with E-state index in [1.54, 1.807) is 19.1 Å². The van der Waals surface area contributed by atoms with Crippen LogP contribution in [0.1, 0.15) is 35.0 Å². The maximum absolute atomic E-state index is 13.2. The number of furan rings is 1. The van der Waals surface area contributed by atoms with Crippen molar-refractivity contribution in [2.75, 3.05) is 0 Å². The molecular weight excluding hydrogens is 546 g/mol. The Morgan fingerprint density at radius 3 is 2.48 bits per heavy atom. The van der Waals surface area contributed by atoms with Gasteiger partial charge in [0, 0.05) is 17.4 Å². The third-order valence-corrected chi connectivity index (χ3v) is 5.61. The highest BCUT2D eigenvalue weighted by Crippen LogP contribution is 2.32. The lowest BCUT2D eigenvalue weighted by molar-refractivity contribution is 0.103. The molecule has 1 atom stereocenters. The van der Waals surface area contributed by atoms with Crippen LogP contribution in [0.15, 0.2) is 40.8 Å². The number of aryl methyl sites for hydroxylation is 1. The molecule has 0 saturated carbocycles.